The van der Waals surface area contributed by atoms with Crippen LogP contribution in [0.2, 0.25) is 0 Å². The lowest BCUT2D eigenvalue weighted by atomic mass is 10.2. The lowest BCUT2D eigenvalue weighted by Crippen LogP contribution is -2.24. The zero-order valence-corrected chi connectivity index (χ0v) is 15.3. The second-order valence-corrected chi connectivity index (χ2v) is 6.95. The second-order valence-electron chi connectivity index (χ2n) is 5.15. The largest absolute Gasteiger partial charge is 0.368 e. The van der Waals surface area contributed by atoms with Gasteiger partial charge in [-0.2, -0.15) is 4.98 Å². The lowest BCUT2D eigenvalue weighted by Gasteiger charge is -2.09. The van der Waals surface area contributed by atoms with Crippen LogP contribution in [-0.2, 0) is 9.59 Å². The fourth-order valence-corrected chi connectivity index (χ4v) is 4.24. The van der Waals surface area contributed by atoms with Crippen molar-refractivity contribution in [3.05, 3.63) is 34.2 Å². The number of hydrogen-bond donors (Lipinski definition) is 3. The molecule has 3 aromatic rings. The summed E-state index contributed by atoms with van der Waals surface area (Å²) in [6.07, 6.45) is 0. The van der Waals surface area contributed by atoms with Crippen LogP contribution in [-0.4, -0.2) is 21.8 Å². The van der Waals surface area contributed by atoms with Gasteiger partial charge in [-0.1, -0.05) is 6.07 Å². The van der Waals surface area contributed by atoms with Gasteiger partial charge in [-0.25, -0.2) is 4.98 Å². The highest BCUT2D eigenvalue weighted by molar-refractivity contribution is 7.18. The number of imide groups is 1. The third-order valence-corrected chi connectivity index (χ3v) is 5.43. The van der Waals surface area contributed by atoms with Crippen molar-refractivity contribution in [2.45, 2.75) is 6.92 Å². The topological polar surface area (TPSA) is 110 Å². The van der Waals surface area contributed by atoms with Crippen LogP contribution in [0.5, 0.6) is 0 Å². The SMILES string of the molecule is CC1=C(Nc2nc(N)nc3scc(-c4cccs4)c23)C(=O)NC1=O.Cl. The number of nitrogens with zero attached hydrogens (tertiary/aromatic N) is 2. The number of thiophene rings is 2. The monoisotopic (exact) mass is 393 g/mol. The molecule has 0 fully saturated rings. The molecule has 4 heterocycles. The molecule has 0 unspecified atom stereocenters. The summed E-state index contributed by atoms with van der Waals surface area (Å²) < 4.78 is 0. The molecule has 0 aliphatic carbocycles. The molecule has 2 amide bonds. The molecule has 0 atom stereocenters. The van der Waals surface area contributed by atoms with E-state index >= 15 is 0 Å². The number of rotatable bonds is 3. The summed E-state index contributed by atoms with van der Waals surface area (Å²) in [5, 5.41) is 9.97. The molecular formula is C15H12ClN5O2S2. The number of nitrogens with two attached hydrogens (primary N) is 1. The predicted molar refractivity (Wildman–Crippen MR) is 102 cm³/mol. The summed E-state index contributed by atoms with van der Waals surface area (Å²) in [4.78, 5) is 33.9. The minimum Gasteiger partial charge on any atom is -0.368 e. The number of amides is 2. The molecule has 4 rings (SSSR count). The molecule has 0 spiro atoms. The second kappa shape index (κ2) is 6.43. The van der Waals surface area contributed by atoms with Crippen molar-refractivity contribution < 1.29 is 9.59 Å². The summed E-state index contributed by atoms with van der Waals surface area (Å²) in [6.45, 7) is 1.58. The van der Waals surface area contributed by atoms with Crippen molar-refractivity contribution in [3.8, 4) is 10.4 Å². The van der Waals surface area contributed by atoms with Crippen LogP contribution in [0.1, 0.15) is 6.92 Å². The van der Waals surface area contributed by atoms with Crippen LogP contribution in [0.4, 0.5) is 11.8 Å². The Morgan fingerprint density at radius 1 is 1.20 bits per heavy atom. The quantitative estimate of drug-likeness (QED) is 0.590. The van der Waals surface area contributed by atoms with Gasteiger partial charge in [-0.05, 0) is 18.4 Å². The van der Waals surface area contributed by atoms with Gasteiger partial charge in [-0.3, -0.25) is 14.9 Å². The highest BCUT2D eigenvalue weighted by atomic mass is 35.5. The maximum Gasteiger partial charge on any atom is 0.275 e. The number of nitrogens with one attached hydrogen (secondary N) is 2. The Labute approximate surface area is 156 Å². The zero-order valence-electron chi connectivity index (χ0n) is 12.8. The van der Waals surface area contributed by atoms with E-state index < -0.39 is 11.8 Å². The van der Waals surface area contributed by atoms with E-state index in [4.69, 9.17) is 5.73 Å². The smallest absolute Gasteiger partial charge is 0.275 e. The van der Waals surface area contributed by atoms with Gasteiger partial charge in [0.1, 0.15) is 16.3 Å². The summed E-state index contributed by atoms with van der Waals surface area (Å²) >= 11 is 3.05. The Hall–Kier alpha value is -2.49. The van der Waals surface area contributed by atoms with Gasteiger partial charge >= 0.3 is 0 Å². The van der Waals surface area contributed by atoms with E-state index in [-0.39, 0.29) is 24.1 Å². The summed E-state index contributed by atoms with van der Waals surface area (Å²) in [6, 6.07) is 3.97. The van der Waals surface area contributed by atoms with Crippen molar-refractivity contribution in [1.82, 2.24) is 15.3 Å². The molecule has 128 valence electrons. The first-order valence-electron chi connectivity index (χ1n) is 6.97. The van der Waals surface area contributed by atoms with Gasteiger partial charge < -0.3 is 11.1 Å². The number of anilines is 2. The van der Waals surface area contributed by atoms with Gasteiger partial charge in [-0.15, -0.1) is 35.1 Å². The van der Waals surface area contributed by atoms with Crippen molar-refractivity contribution in [1.29, 1.82) is 0 Å². The van der Waals surface area contributed by atoms with Gasteiger partial charge in [0.05, 0.1) is 5.39 Å². The molecular weight excluding hydrogens is 382 g/mol. The van der Waals surface area contributed by atoms with E-state index in [9.17, 15) is 9.59 Å². The first-order valence-corrected chi connectivity index (χ1v) is 8.72. The minimum absolute atomic E-state index is 0. The Morgan fingerprint density at radius 2 is 2.00 bits per heavy atom. The van der Waals surface area contributed by atoms with Crippen molar-refractivity contribution in [2.24, 2.45) is 0 Å². The van der Waals surface area contributed by atoms with Crippen molar-refractivity contribution in [3.63, 3.8) is 0 Å². The van der Waals surface area contributed by atoms with Gasteiger partial charge in [0.25, 0.3) is 11.8 Å². The summed E-state index contributed by atoms with van der Waals surface area (Å²) in [5.74, 6) is -0.366. The summed E-state index contributed by atoms with van der Waals surface area (Å²) in [5.41, 5.74) is 7.26. The van der Waals surface area contributed by atoms with Crippen LogP contribution in [0.3, 0.4) is 0 Å². The number of halogens is 1. The fraction of sp³-hybridized carbons (Fsp3) is 0.0667. The van der Waals surface area contributed by atoms with Crippen LogP contribution >= 0.6 is 35.1 Å². The van der Waals surface area contributed by atoms with Gasteiger partial charge in [0, 0.05) is 21.4 Å². The van der Waals surface area contributed by atoms with Crippen molar-refractivity contribution >= 4 is 68.9 Å². The normalized spacial score (nSPS) is 14.0. The Kier molecular flexibility index (Phi) is 4.46. The molecule has 25 heavy (non-hydrogen) atoms. The van der Waals surface area contributed by atoms with E-state index in [0.29, 0.717) is 11.4 Å². The molecule has 1 aliphatic rings. The number of carbonyl (C=O) groups is 2. The third-order valence-electron chi connectivity index (χ3n) is 3.65. The number of hydrogen-bond acceptors (Lipinski definition) is 8. The number of fused-ring (bicyclic) bond motifs is 1. The minimum atomic E-state index is -0.476. The van der Waals surface area contributed by atoms with E-state index in [1.807, 2.05) is 22.9 Å². The Bertz CT molecular complexity index is 1030. The molecule has 4 N–H and O–H groups in total. The molecule has 0 saturated heterocycles. The van der Waals surface area contributed by atoms with E-state index in [2.05, 4.69) is 20.6 Å². The number of aromatic nitrogens is 2. The zero-order chi connectivity index (χ0) is 16.8. The first-order chi connectivity index (χ1) is 11.5. The van der Waals surface area contributed by atoms with E-state index in [0.717, 1.165) is 20.7 Å². The molecule has 0 saturated carbocycles. The molecule has 0 radical (unpaired) electrons. The third kappa shape index (κ3) is 2.86. The Balaban J connectivity index is 0.00000182. The summed E-state index contributed by atoms with van der Waals surface area (Å²) in [7, 11) is 0. The van der Waals surface area contributed by atoms with Crippen LogP contribution < -0.4 is 16.4 Å². The average molecular weight is 394 g/mol. The predicted octanol–water partition coefficient (Wildman–Crippen LogP) is 2.77. The molecule has 3 aromatic heterocycles. The highest BCUT2D eigenvalue weighted by Crippen LogP contribution is 2.39. The highest BCUT2D eigenvalue weighted by Gasteiger charge is 2.28. The number of nitrogen functional groups attached to an aromatic ring is 1. The first kappa shape index (κ1) is 17.3. The molecule has 10 heteroatoms. The van der Waals surface area contributed by atoms with Gasteiger partial charge in [0.15, 0.2) is 0 Å². The maximum absolute atomic E-state index is 12.0. The standard InChI is InChI=1S/C15H11N5O2S2.ClH/c1-6-10(13(22)19-12(6)21)17-11-9-7(8-3-2-4-23-8)5-24-14(9)20-15(16)18-11;/h2-5H,1H3,(H4,16,17,18,19,20,21,22);1H. The Morgan fingerprint density at radius 3 is 2.64 bits per heavy atom. The van der Waals surface area contributed by atoms with E-state index in [1.165, 1.54) is 11.3 Å². The fourth-order valence-electron chi connectivity index (χ4n) is 2.47. The molecule has 1 aliphatic heterocycles. The van der Waals surface area contributed by atoms with E-state index in [1.54, 1.807) is 18.3 Å². The van der Waals surface area contributed by atoms with Crippen LogP contribution in [0.25, 0.3) is 20.7 Å². The molecule has 0 bridgehead atoms. The van der Waals surface area contributed by atoms with Crippen LogP contribution in [0.15, 0.2) is 34.2 Å². The average Bonchev–Trinajstić information content (AvgIpc) is 3.23. The van der Waals surface area contributed by atoms with Crippen molar-refractivity contribution in [2.75, 3.05) is 11.1 Å². The maximum atomic E-state index is 12.0. The molecule has 0 aromatic carbocycles. The van der Waals surface area contributed by atoms with Crippen LogP contribution in [0, 0.1) is 0 Å². The number of carbonyl (C=O) groups excluding carboxylic acids is 2. The lowest BCUT2D eigenvalue weighted by molar-refractivity contribution is -0.124. The molecule has 7 nitrogen and oxygen atoms in total. The van der Waals surface area contributed by atoms with Gasteiger partial charge in [0.2, 0.25) is 5.95 Å².